The monoisotopic (exact) mass is 546 g/mol. The third kappa shape index (κ3) is 6.37. The van der Waals surface area contributed by atoms with Crippen molar-refractivity contribution in [2.45, 2.75) is 13.8 Å². The number of hydrogen-bond acceptors (Lipinski definition) is 8. The van der Waals surface area contributed by atoms with Gasteiger partial charge in [0.1, 0.15) is 0 Å². The van der Waals surface area contributed by atoms with Gasteiger partial charge in [-0.05, 0) is 56.3 Å². The molecule has 1 heterocycles. The van der Waals surface area contributed by atoms with Crippen molar-refractivity contribution in [3.8, 4) is 5.75 Å². The molecule has 1 aliphatic heterocycles. The van der Waals surface area contributed by atoms with Gasteiger partial charge in [0.25, 0.3) is 11.8 Å². The zero-order chi connectivity index (χ0) is 28.6. The van der Waals surface area contributed by atoms with Crippen LogP contribution in [-0.4, -0.2) is 67.0 Å². The summed E-state index contributed by atoms with van der Waals surface area (Å²) in [4.78, 5) is 53.3. The van der Waals surface area contributed by atoms with E-state index in [9.17, 15) is 24.5 Å². The molecular weight excluding hydrogens is 516 g/mol. The number of hydrogen-bond donors (Lipinski definition) is 1. The average Bonchev–Trinajstić information content (AvgIpc) is 2.97. The summed E-state index contributed by atoms with van der Waals surface area (Å²) in [6.45, 7) is 5.75. The fourth-order valence-electron chi connectivity index (χ4n) is 4.44. The van der Waals surface area contributed by atoms with Crippen LogP contribution in [0, 0.1) is 10.1 Å². The summed E-state index contributed by atoms with van der Waals surface area (Å²) >= 11 is 0. The van der Waals surface area contributed by atoms with Crippen LogP contribution in [0.2, 0.25) is 0 Å². The van der Waals surface area contributed by atoms with Crippen molar-refractivity contribution in [1.82, 2.24) is 4.90 Å². The lowest BCUT2D eigenvalue weighted by atomic mass is 10.1. The second-order valence-corrected chi connectivity index (χ2v) is 8.92. The Bertz CT molecular complexity index is 1400. The normalized spacial score (nSPS) is 12.9. The summed E-state index contributed by atoms with van der Waals surface area (Å²) in [5, 5.41) is 14.4. The van der Waals surface area contributed by atoms with Crippen molar-refractivity contribution in [2.75, 3.05) is 49.6 Å². The molecule has 0 aromatic heterocycles. The zero-order valence-corrected chi connectivity index (χ0v) is 22.3. The Hall–Kier alpha value is -4.93. The molecule has 3 aromatic carbocycles. The van der Waals surface area contributed by atoms with E-state index in [1.165, 1.54) is 18.2 Å². The van der Waals surface area contributed by atoms with Gasteiger partial charge < -0.3 is 24.6 Å². The Morgan fingerprint density at radius 2 is 1.57 bits per heavy atom. The van der Waals surface area contributed by atoms with Crippen molar-refractivity contribution in [1.29, 1.82) is 0 Å². The molecule has 2 amide bonds. The Kier molecular flexibility index (Phi) is 8.95. The number of ether oxygens (including phenoxy) is 2. The van der Waals surface area contributed by atoms with Crippen LogP contribution in [0.15, 0.2) is 66.7 Å². The van der Waals surface area contributed by atoms with Crippen molar-refractivity contribution < 1.29 is 28.8 Å². The van der Waals surface area contributed by atoms with Crippen LogP contribution >= 0.6 is 0 Å². The summed E-state index contributed by atoms with van der Waals surface area (Å²) in [5.74, 6) is -1.12. The maximum atomic E-state index is 13.2. The van der Waals surface area contributed by atoms with Crippen LogP contribution in [0.1, 0.15) is 44.9 Å². The fourth-order valence-corrected chi connectivity index (χ4v) is 4.44. The van der Waals surface area contributed by atoms with E-state index in [1.807, 2.05) is 23.1 Å². The summed E-state index contributed by atoms with van der Waals surface area (Å²) in [5.41, 5.74) is 1.59. The molecule has 1 N–H and O–H groups in total. The number of rotatable bonds is 9. The zero-order valence-electron chi connectivity index (χ0n) is 22.3. The van der Waals surface area contributed by atoms with Crippen molar-refractivity contribution in [2.24, 2.45) is 0 Å². The highest BCUT2D eigenvalue weighted by molar-refractivity contribution is 6.07. The lowest BCUT2D eigenvalue weighted by molar-refractivity contribution is -0.385. The standard InChI is InChI=1S/C29H30N4O7/c1-3-39-26-13-11-21(19-25(26)33(37)38)27(34)30-23-18-22(29(36)40-4-2)10-12-24(23)31-14-16-32(17-15-31)28(35)20-8-6-5-7-9-20/h5-13,18-19H,3-4,14-17H2,1-2H3,(H,30,34). The van der Waals surface area contributed by atoms with Gasteiger partial charge in [0.05, 0.1) is 35.1 Å². The number of nitro groups is 1. The topological polar surface area (TPSA) is 131 Å². The highest BCUT2D eigenvalue weighted by Gasteiger charge is 2.25. The molecule has 1 fully saturated rings. The molecule has 3 aromatic rings. The Morgan fingerprint density at radius 3 is 2.23 bits per heavy atom. The second-order valence-electron chi connectivity index (χ2n) is 8.92. The molecule has 0 atom stereocenters. The number of esters is 1. The minimum absolute atomic E-state index is 0.0523. The second kappa shape index (κ2) is 12.7. The van der Waals surface area contributed by atoms with Gasteiger partial charge in [-0.3, -0.25) is 19.7 Å². The van der Waals surface area contributed by atoms with E-state index in [-0.39, 0.29) is 41.7 Å². The number of amides is 2. The quantitative estimate of drug-likeness (QED) is 0.238. The van der Waals surface area contributed by atoms with Gasteiger partial charge in [0, 0.05) is 43.4 Å². The number of benzene rings is 3. The van der Waals surface area contributed by atoms with Gasteiger partial charge in [-0.25, -0.2) is 4.79 Å². The van der Waals surface area contributed by atoms with Gasteiger partial charge in [0.2, 0.25) is 0 Å². The predicted molar refractivity (Wildman–Crippen MR) is 149 cm³/mol. The molecule has 0 unspecified atom stereocenters. The Balaban J connectivity index is 1.58. The maximum Gasteiger partial charge on any atom is 0.338 e. The van der Waals surface area contributed by atoms with Crippen LogP contribution in [-0.2, 0) is 4.74 Å². The number of carbonyl (C=O) groups excluding carboxylic acids is 3. The lowest BCUT2D eigenvalue weighted by Crippen LogP contribution is -2.49. The first kappa shape index (κ1) is 28.1. The molecule has 4 rings (SSSR count). The molecular formula is C29H30N4O7. The summed E-state index contributed by atoms with van der Waals surface area (Å²) in [6, 6.07) is 17.9. The minimum Gasteiger partial charge on any atom is -0.487 e. The van der Waals surface area contributed by atoms with Crippen LogP contribution in [0.3, 0.4) is 0 Å². The molecule has 1 aliphatic rings. The first-order valence-corrected chi connectivity index (χ1v) is 12.9. The van der Waals surface area contributed by atoms with Crippen molar-refractivity contribution in [3.63, 3.8) is 0 Å². The Labute approximate surface area is 231 Å². The number of nitrogens with one attached hydrogen (secondary N) is 1. The van der Waals surface area contributed by atoms with Crippen molar-refractivity contribution >= 4 is 34.8 Å². The minimum atomic E-state index is -0.606. The molecule has 0 spiro atoms. The summed E-state index contributed by atoms with van der Waals surface area (Å²) < 4.78 is 10.4. The molecule has 40 heavy (non-hydrogen) atoms. The number of carbonyl (C=O) groups is 3. The van der Waals surface area contributed by atoms with E-state index in [2.05, 4.69) is 5.32 Å². The lowest BCUT2D eigenvalue weighted by Gasteiger charge is -2.37. The smallest absolute Gasteiger partial charge is 0.338 e. The molecule has 0 bridgehead atoms. The SMILES string of the molecule is CCOC(=O)c1ccc(N2CCN(C(=O)c3ccccc3)CC2)c(NC(=O)c2ccc(OCC)c([N+](=O)[O-])c2)c1. The predicted octanol–water partition coefficient (Wildman–Crippen LogP) is 4.38. The van der Waals surface area contributed by atoms with E-state index < -0.39 is 16.8 Å². The number of nitro benzene ring substituents is 1. The highest BCUT2D eigenvalue weighted by atomic mass is 16.6. The number of piperazine rings is 1. The summed E-state index contributed by atoms with van der Waals surface area (Å²) in [6.07, 6.45) is 0. The van der Waals surface area contributed by atoms with Crippen LogP contribution in [0.4, 0.5) is 17.1 Å². The van der Waals surface area contributed by atoms with Crippen LogP contribution in [0.25, 0.3) is 0 Å². The third-order valence-electron chi connectivity index (χ3n) is 6.40. The third-order valence-corrected chi connectivity index (χ3v) is 6.40. The first-order valence-electron chi connectivity index (χ1n) is 12.9. The average molecular weight is 547 g/mol. The van der Waals surface area contributed by atoms with Crippen LogP contribution < -0.4 is 15.0 Å². The van der Waals surface area contributed by atoms with E-state index >= 15 is 0 Å². The fraction of sp³-hybridized carbons (Fsp3) is 0.276. The summed E-state index contributed by atoms with van der Waals surface area (Å²) in [7, 11) is 0. The molecule has 0 aliphatic carbocycles. The van der Waals surface area contributed by atoms with E-state index in [1.54, 1.807) is 43.0 Å². The number of nitrogens with zero attached hydrogens (tertiary/aromatic N) is 3. The van der Waals surface area contributed by atoms with Gasteiger partial charge in [-0.1, -0.05) is 18.2 Å². The highest BCUT2D eigenvalue weighted by Crippen LogP contribution is 2.31. The van der Waals surface area contributed by atoms with Gasteiger partial charge in [0.15, 0.2) is 5.75 Å². The molecule has 0 saturated carbocycles. The van der Waals surface area contributed by atoms with Gasteiger partial charge in [-0.2, -0.15) is 0 Å². The molecule has 0 radical (unpaired) electrons. The molecule has 11 heteroatoms. The number of anilines is 2. The van der Waals surface area contributed by atoms with Gasteiger partial charge >= 0.3 is 11.7 Å². The van der Waals surface area contributed by atoms with Crippen molar-refractivity contribution in [3.05, 3.63) is 93.5 Å². The molecule has 1 saturated heterocycles. The van der Waals surface area contributed by atoms with E-state index in [4.69, 9.17) is 9.47 Å². The maximum absolute atomic E-state index is 13.2. The Morgan fingerprint density at radius 1 is 0.875 bits per heavy atom. The molecule has 208 valence electrons. The van der Waals surface area contributed by atoms with Crippen LogP contribution in [0.5, 0.6) is 5.75 Å². The van der Waals surface area contributed by atoms with Gasteiger partial charge in [-0.15, -0.1) is 0 Å². The van der Waals surface area contributed by atoms with E-state index in [0.29, 0.717) is 43.1 Å². The largest absolute Gasteiger partial charge is 0.487 e. The van der Waals surface area contributed by atoms with E-state index in [0.717, 1.165) is 6.07 Å². The molecule has 11 nitrogen and oxygen atoms in total. The first-order chi connectivity index (χ1) is 19.3.